The fourth-order valence-electron chi connectivity index (χ4n) is 1.85. The van der Waals surface area contributed by atoms with Crippen molar-refractivity contribution in [3.8, 4) is 0 Å². The molecule has 10 heavy (non-hydrogen) atoms. The molecule has 2 fully saturated rings. The number of hydrogen-bond donors (Lipinski definition) is 1. The van der Waals surface area contributed by atoms with E-state index in [1.165, 1.54) is 7.11 Å². The van der Waals surface area contributed by atoms with Gasteiger partial charge in [-0.05, 0) is 19.4 Å². The molecule has 1 saturated carbocycles. The average molecular weight is 141 g/mol. The number of hydrogen-bond acceptors (Lipinski definition) is 3. The Balaban J connectivity index is 2.11. The van der Waals surface area contributed by atoms with Crippen molar-refractivity contribution in [1.29, 1.82) is 0 Å². The molecule has 2 atom stereocenters. The largest absolute Gasteiger partial charge is 0.469 e. The Morgan fingerprint density at radius 2 is 2.60 bits per heavy atom. The van der Waals surface area contributed by atoms with Crippen LogP contribution in [-0.4, -0.2) is 25.7 Å². The van der Waals surface area contributed by atoms with Crippen LogP contribution >= 0.6 is 0 Å². The molecule has 1 saturated heterocycles. The van der Waals surface area contributed by atoms with Crippen molar-refractivity contribution in [2.45, 2.75) is 18.9 Å². The minimum absolute atomic E-state index is 0.0255. The van der Waals surface area contributed by atoms with Gasteiger partial charge in [0.05, 0.1) is 12.5 Å². The van der Waals surface area contributed by atoms with Crippen LogP contribution in [0.15, 0.2) is 0 Å². The van der Waals surface area contributed by atoms with Gasteiger partial charge in [-0.2, -0.15) is 0 Å². The third kappa shape index (κ3) is 0.560. The normalized spacial score (nSPS) is 42.7. The molecule has 2 aliphatic rings. The van der Waals surface area contributed by atoms with Gasteiger partial charge >= 0.3 is 5.97 Å². The summed E-state index contributed by atoms with van der Waals surface area (Å²) in [5.74, 6) is -0.0255. The van der Waals surface area contributed by atoms with Crippen LogP contribution < -0.4 is 5.32 Å². The molecule has 1 heterocycles. The maximum absolute atomic E-state index is 11.1. The first-order chi connectivity index (χ1) is 4.79. The number of nitrogens with one attached hydrogen (secondary N) is 1. The van der Waals surface area contributed by atoms with Crippen LogP contribution in [0, 0.1) is 5.41 Å². The Morgan fingerprint density at radius 3 is 3.00 bits per heavy atom. The van der Waals surface area contributed by atoms with Crippen LogP contribution in [0.25, 0.3) is 0 Å². The predicted molar refractivity (Wildman–Crippen MR) is 35.5 cm³/mol. The van der Waals surface area contributed by atoms with E-state index in [4.69, 9.17) is 4.74 Å². The maximum atomic E-state index is 11.1. The summed E-state index contributed by atoms with van der Waals surface area (Å²) in [5, 5.41) is 3.25. The highest BCUT2D eigenvalue weighted by Gasteiger charge is 2.63. The number of rotatable bonds is 1. The van der Waals surface area contributed by atoms with E-state index in [1.54, 1.807) is 0 Å². The molecule has 1 aliphatic heterocycles. The first-order valence-corrected chi connectivity index (χ1v) is 3.61. The zero-order chi connectivity index (χ0) is 7.19. The van der Waals surface area contributed by atoms with Crippen molar-refractivity contribution in [3.05, 3.63) is 0 Å². The molecule has 1 aliphatic carbocycles. The molecule has 0 aromatic rings. The number of piperidine rings is 1. The lowest BCUT2D eigenvalue weighted by atomic mass is 10.1. The minimum atomic E-state index is -0.102. The summed E-state index contributed by atoms with van der Waals surface area (Å²) in [6.07, 6.45) is 1.95. The van der Waals surface area contributed by atoms with Crippen LogP contribution in [0.2, 0.25) is 0 Å². The summed E-state index contributed by atoms with van der Waals surface area (Å²) in [6.45, 7) is 0.972. The summed E-state index contributed by atoms with van der Waals surface area (Å²) in [7, 11) is 1.46. The van der Waals surface area contributed by atoms with Crippen LogP contribution in [0.4, 0.5) is 0 Å². The van der Waals surface area contributed by atoms with E-state index in [0.717, 1.165) is 19.4 Å². The van der Waals surface area contributed by atoms with E-state index >= 15 is 0 Å². The van der Waals surface area contributed by atoms with E-state index < -0.39 is 0 Å². The first-order valence-electron chi connectivity index (χ1n) is 3.61. The molecule has 0 aromatic carbocycles. The van der Waals surface area contributed by atoms with Crippen LogP contribution in [0.5, 0.6) is 0 Å². The van der Waals surface area contributed by atoms with E-state index in [-0.39, 0.29) is 11.4 Å². The number of ether oxygens (including phenoxy) is 1. The summed E-state index contributed by atoms with van der Waals surface area (Å²) in [6, 6.07) is 0.431. The standard InChI is InChI=1S/C7H11NO2/c1-10-6(9)7-2-3-8-5(7)4-7/h5,8H,2-4H2,1H3/t5-,7-/m1/s1. The van der Waals surface area contributed by atoms with Crippen molar-refractivity contribution in [2.24, 2.45) is 5.41 Å². The highest BCUT2D eigenvalue weighted by atomic mass is 16.5. The minimum Gasteiger partial charge on any atom is -0.469 e. The summed E-state index contributed by atoms with van der Waals surface area (Å²) < 4.78 is 4.70. The van der Waals surface area contributed by atoms with Gasteiger partial charge in [0.25, 0.3) is 0 Å². The Hall–Kier alpha value is -0.570. The van der Waals surface area contributed by atoms with Gasteiger partial charge in [0.1, 0.15) is 0 Å². The lowest BCUT2D eigenvalue weighted by Gasteiger charge is -2.05. The lowest BCUT2D eigenvalue weighted by Crippen LogP contribution is -2.19. The molecule has 0 unspecified atom stereocenters. The molecule has 0 amide bonds. The number of esters is 1. The second-order valence-corrected chi connectivity index (χ2v) is 3.11. The van der Waals surface area contributed by atoms with E-state index in [0.29, 0.717) is 6.04 Å². The first kappa shape index (κ1) is 6.16. The molecule has 3 nitrogen and oxygen atoms in total. The topological polar surface area (TPSA) is 38.3 Å². The third-order valence-electron chi connectivity index (χ3n) is 2.63. The zero-order valence-electron chi connectivity index (χ0n) is 6.02. The molecular weight excluding hydrogens is 130 g/mol. The van der Waals surface area contributed by atoms with Gasteiger partial charge in [0.15, 0.2) is 0 Å². The van der Waals surface area contributed by atoms with E-state index in [2.05, 4.69) is 5.32 Å². The second-order valence-electron chi connectivity index (χ2n) is 3.11. The third-order valence-corrected chi connectivity index (χ3v) is 2.63. The summed E-state index contributed by atoms with van der Waals surface area (Å²) in [5.41, 5.74) is -0.102. The SMILES string of the molecule is COC(=O)[C@@]12CCN[C@@H]1C2. The Kier molecular flexibility index (Phi) is 1.06. The lowest BCUT2D eigenvalue weighted by molar-refractivity contribution is -0.146. The van der Waals surface area contributed by atoms with Crippen molar-refractivity contribution in [1.82, 2.24) is 5.32 Å². The van der Waals surface area contributed by atoms with Gasteiger partial charge < -0.3 is 10.1 Å². The Morgan fingerprint density at radius 1 is 1.80 bits per heavy atom. The quantitative estimate of drug-likeness (QED) is 0.519. The fraction of sp³-hybridized carbons (Fsp3) is 0.857. The Bertz CT molecular complexity index is 180. The monoisotopic (exact) mass is 141 g/mol. The maximum Gasteiger partial charge on any atom is 0.313 e. The predicted octanol–water partition coefficient (Wildman–Crippen LogP) is -0.0886. The van der Waals surface area contributed by atoms with Crippen molar-refractivity contribution in [3.63, 3.8) is 0 Å². The molecule has 0 spiro atoms. The molecule has 2 rings (SSSR count). The van der Waals surface area contributed by atoms with Gasteiger partial charge in [0, 0.05) is 6.04 Å². The average Bonchev–Trinajstić information content (AvgIpc) is 2.54. The van der Waals surface area contributed by atoms with Gasteiger partial charge in [-0.3, -0.25) is 4.79 Å². The second kappa shape index (κ2) is 1.72. The fourth-order valence-corrected chi connectivity index (χ4v) is 1.85. The van der Waals surface area contributed by atoms with Crippen LogP contribution in [0.3, 0.4) is 0 Å². The Labute approximate surface area is 59.7 Å². The van der Waals surface area contributed by atoms with E-state index in [9.17, 15) is 4.79 Å². The summed E-state index contributed by atoms with van der Waals surface area (Å²) >= 11 is 0. The van der Waals surface area contributed by atoms with Gasteiger partial charge in [-0.15, -0.1) is 0 Å². The van der Waals surface area contributed by atoms with Crippen molar-refractivity contribution >= 4 is 5.97 Å². The highest BCUT2D eigenvalue weighted by Crippen LogP contribution is 2.53. The molecule has 0 radical (unpaired) electrons. The number of carbonyl (C=O) groups is 1. The number of methoxy groups -OCH3 is 1. The highest BCUT2D eigenvalue weighted by molar-refractivity contribution is 5.82. The van der Waals surface area contributed by atoms with Gasteiger partial charge in [0.2, 0.25) is 0 Å². The molecule has 0 bridgehead atoms. The molecule has 56 valence electrons. The molecular formula is C7H11NO2. The number of carbonyl (C=O) groups excluding carboxylic acids is 1. The summed E-state index contributed by atoms with van der Waals surface area (Å²) in [4.78, 5) is 11.1. The van der Waals surface area contributed by atoms with Crippen LogP contribution in [-0.2, 0) is 9.53 Å². The van der Waals surface area contributed by atoms with Crippen molar-refractivity contribution < 1.29 is 9.53 Å². The van der Waals surface area contributed by atoms with Crippen LogP contribution in [0.1, 0.15) is 12.8 Å². The van der Waals surface area contributed by atoms with Crippen molar-refractivity contribution in [2.75, 3.05) is 13.7 Å². The zero-order valence-corrected chi connectivity index (χ0v) is 6.02. The number of fused-ring (bicyclic) bond motifs is 1. The molecule has 3 heteroatoms. The van der Waals surface area contributed by atoms with E-state index in [1.807, 2.05) is 0 Å². The molecule has 0 aromatic heterocycles. The molecule has 1 N–H and O–H groups in total. The van der Waals surface area contributed by atoms with Gasteiger partial charge in [-0.25, -0.2) is 0 Å². The smallest absolute Gasteiger partial charge is 0.313 e. The van der Waals surface area contributed by atoms with Gasteiger partial charge in [-0.1, -0.05) is 0 Å².